The van der Waals surface area contributed by atoms with Crippen LogP contribution in [0.1, 0.15) is 43.7 Å². The molecule has 2 aliphatic heterocycles. The number of benzene rings is 1. The second-order valence-corrected chi connectivity index (χ2v) is 6.09. The van der Waals surface area contributed by atoms with E-state index in [1.165, 1.54) is 43.4 Å². The van der Waals surface area contributed by atoms with E-state index in [-0.39, 0.29) is 0 Å². The van der Waals surface area contributed by atoms with Gasteiger partial charge in [-0.15, -0.1) is 0 Å². The van der Waals surface area contributed by atoms with Crippen LogP contribution in [0, 0.1) is 0 Å². The summed E-state index contributed by atoms with van der Waals surface area (Å²) in [7, 11) is 1.77. The standard InChI is InChI=1S/C17H25NO2/c1-12-9-14-11-16(19-2)13(10-17(14)20-12)6-7-15-5-3-4-8-18-15/h10-12,15,18H,3-9H2,1-2H3. The lowest BCUT2D eigenvalue weighted by atomic mass is 9.96. The second-order valence-electron chi connectivity index (χ2n) is 6.09. The fourth-order valence-electron chi connectivity index (χ4n) is 3.37. The van der Waals surface area contributed by atoms with E-state index in [0.717, 1.165) is 24.3 Å². The third kappa shape index (κ3) is 2.93. The summed E-state index contributed by atoms with van der Waals surface area (Å²) < 4.78 is 11.4. The van der Waals surface area contributed by atoms with Crippen molar-refractivity contribution in [3.63, 3.8) is 0 Å². The highest BCUT2D eigenvalue weighted by Crippen LogP contribution is 2.35. The summed E-state index contributed by atoms with van der Waals surface area (Å²) in [4.78, 5) is 0. The maximum atomic E-state index is 5.87. The molecule has 2 unspecified atom stereocenters. The lowest BCUT2D eigenvalue weighted by Crippen LogP contribution is -2.34. The largest absolute Gasteiger partial charge is 0.496 e. The summed E-state index contributed by atoms with van der Waals surface area (Å²) in [6.07, 6.45) is 7.53. The molecule has 0 saturated carbocycles. The molecule has 0 spiro atoms. The van der Waals surface area contributed by atoms with Gasteiger partial charge in [-0.3, -0.25) is 0 Å². The van der Waals surface area contributed by atoms with Crippen LogP contribution in [-0.2, 0) is 12.8 Å². The highest BCUT2D eigenvalue weighted by molar-refractivity contribution is 5.48. The molecule has 2 aliphatic rings. The first kappa shape index (κ1) is 13.7. The number of piperidine rings is 1. The molecule has 0 aliphatic carbocycles. The Morgan fingerprint density at radius 3 is 3.00 bits per heavy atom. The number of rotatable bonds is 4. The number of hydrogen-bond donors (Lipinski definition) is 1. The quantitative estimate of drug-likeness (QED) is 0.916. The monoisotopic (exact) mass is 275 g/mol. The average Bonchev–Trinajstić information content (AvgIpc) is 2.84. The number of aryl methyl sites for hydroxylation is 1. The van der Waals surface area contributed by atoms with Gasteiger partial charge in [0, 0.05) is 18.0 Å². The smallest absolute Gasteiger partial charge is 0.123 e. The van der Waals surface area contributed by atoms with Gasteiger partial charge in [0.05, 0.1) is 7.11 Å². The highest BCUT2D eigenvalue weighted by atomic mass is 16.5. The molecule has 3 heteroatoms. The van der Waals surface area contributed by atoms with Crippen molar-refractivity contribution in [2.45, 2.75) is 57.6 Å². The zero-order valence-electron chi connectivity index (χ0n) is 12.6. The summed E-state index contributed by atoms with van der Waals surface area (Å²) in [6.45, 7) is 3.30. The van der Waals surface area contributed by atoms with E-state index in [4.69, 9.17) is 9.47 Å². The first-order valence-electron chi connectivity index (χ1n) is 7.86. The van der Waals surface area contributed by atoms with Crippen molar-refractivity contribution >= 4 is 0 Å². The molecule has 2 atom stereocenters. The molecule has 2 heterocycles. The van der Waals surface area contributed by atoms with E-state index in [1.807, 2.05) is 0 Å². The van der Waals surface area contributed by atoms with Crippen molar-refractivity contribution in [3.8, 4) is 11.5 Å². The summed E-state index contributed by atoms with van der Waals surface area (Å²) in [5.41, 5.74) is 2.57. The number of methoxy groups -OCH3 is 1. The molecule has 1 aromatic carbocycles. The van der Waals surface area contributed by atoms with E-state index in [0.29, 0.717) is 12.1 Å². The topological polar surface area (TPSA) is 30.5 Å². The van der Waals surface area contributed by atoms with Crippen LogP contribution in [0.2, 0.25) is 0 Å². The molecule has 0 aromatic heterocycles. The van der Waals surface area contributed by atoms with Gasteiger partial charge < -0.3 is 14.8 Å². The molecule has 1 N–H and O–H groups in total. The van der Waals surface area contributed by atoms with Crippen LogP contribution in [0.25, 0.3) is 0 Å². The van der Waals surface area contributed by atoms with Crippen LogP contribution in [-0.4, -0.2) is 25.8 Å². The van der Waals surface area contributed by atoms with Crippen LogP contribution >= 0.6 is 0 Å². The Balaban J connectivity index is 1.70. The summed E-state index contributed by atoms with van der Waals surface area (Å²) in [6, 6.07) is 5.03. The number of hydrogen-bond acceptors (Lipinski definition) is 3. The molecule has 1 aromatic rings. The summed E-state index contributed by atoms with van der Waals surface area (Å²) >= 11 is 0. The van der Waals surface area contributed by atoms with Gasteiger partial charge in [-0.2, -0.15) is 0 Å². The lowest BCUT2D eigenvalue weighted by molar-refractivity contribution is 0.254. The summed E-state index contributed by atoms with van der Waals surface area (Å²) in [5.74, 6) is 2.09. The Morgan fingerprint density at radius 2 is 2.25 bits per heavy atom. The van der Waals surface area contributed by atoms with E-state index >= 15 is 0 Å². The van der Waals surface area contributed by atoms with Crippen molar-refractivity contribution in [1.29, 1.82) is 0 Å². The maximum Gasteiger partial charge on any atom is 0.123 e. The molecule has 20 heavy (non-hydrogen) atoms. The van der Waals surface area contributed by atoms with Crippen LogP contribution < -0.4 is 14.8 Å². The highest BCUT2D eigenvalue weighted by Gasteiger charge is 2.22. The van der Waals surface area contributed by atoms with Crippen molar-refractivity contribution in [3.05, 3.63) is 23.3 Å². The first-order chi connectivity index (χ1) is 9.76. The fraction of sp³-hybridized carbons (Fsp3) is 0.647. The molecule has 3 nitrogen and oxygen atoms in total. The van der Waals surface area contributed by atoms with E-state index < -0.39 is 0 Å². The predicted molar refractivity (Wildman–Crippen MR) is 80.8 cm³/mol. The van der Waals surface area contributed by atoms with Crippen molar-refractivity contribution < 1.29 is 9.47 Å². The Labute approximate surface area is 121 Å². The van der Waals surface area contributed by atoms with Gasteiger partial charge in [-0.1, -0.05) is 6.42 Å². The Hall–Kier alpha value is -1.22. The summed E-state index contributed by atoms with van der Waals surface area (Å²) in [5, 5.41) is 3.61. The van der Waals surface area contributed by atoms with Gasteiger partial charge in [0.25, 0.3) is 0 Å². The van der Waals surface area contributed by atoms with Crippen molar-refractivity contribution in [2.24, 2.45) is 0 Å². The van der Waals surface area contributed by atoms with Gasteiger partial charge in [-0.05, 0) is 56.8 Å². The number of nitrogens with one attached hydrogen (secondary N) is 1. The van der Waals surface area contributed by atoms with Crippen LogP contribution in [0.15, 0.2) is 12.1 Å². The zero-order valence-corrected chi connectivity index (χ0v) is 12.6. The number of fused-ring (bicyclic) bond motifs is 1. The average molecular weight is 275 g/mol. The Morgan fingerprint density at radius 1 is 1.35 bits per heavy atom. The molecular formula is C17H25NO2. The molecule has 3 rings (SSSR count). The molecule has 0 radical (unpaired) electrons. The maximum absolute atomic E-state index is 5.87. The predicted octanol–water partition coefficient (Wildman–Crippen LogP) is 3.09. The van der Waals surface area contributed by atoms with E-state index in [2.05, 4.69) is 24.4 Å². The van der Waals surface area contributed by atoms with Crippen LogP contribution in [0.4, 0.5) is 0 Å². The molecular weight excluding hydrogens is 250 g/mol. The minimum absolute atomic E-state index is 0.296. The van der Waals surface area contributed by atoms with E-state index in [1.54, 1.807) is 7.11 Å². The van der Waals surface area contributed by atoms with Crippen molar-refractivity contribution in [2.75, 3.05) is 13.7 Å². The normalized spacial score (nSPS) is 25.1. The minimum Gasteiger partial charge on any atom is -0.496 e. The van der Waals surface area contributed by atoms with Gasteiger partial charge in [0.15, 0.2) is 0 Å². The van der Waals surface area contributed by atoms with Crippen LogP contribution in [0.5, 0.6) is 11.5 Å². The van der Waals surface area contributed by atoms with Gasteiger partial charge in [0.2, 0.25) is 0 Å². The Kier molecular flexibility index (Phi) is 4.16. The fourth-order valence-corrected chi connectivity index (χ4v) is 3.37. The molecule has 1 fully saturated rings. The van der Waals surface area contributed by atoms with Gasteiger partial charge >= 0.3 is 0 Å². The first-order valence-corrected chi connectivity index (χ1v) is 7.86. The number of ether oxygens (including phenoxy) is 2. The van der Waals surface area contributed by atoms with Gasteiger partial charge in [0.1, 0.15) is 17.6 Å². The second kappa shape index (κ2) is 6.04. The molecule has 110 valence electrons. The van der Waals surface area contributed by atoms with E-state index in [9.17, 15) is 0 Å². The third-order valence-corrected chi connectivity index (χ3v) is 4.47. The zero-order chi connectivity index (χ0) is 13.9. The SMILES string of the molecule is COc1cc2c(cc1CCC1CCCCN1)OC(C)C2. The molecule has 1 saturated heterocycles. The van der Waals surface area contributed by atoms with Crippen molar-refractivity contribution in [1.82, 2.24) is 5.32 Å². The molecule has 0 amide bonds. The van der Waals surface area contributed by atoms with Gasteiger partial charge in [-0.25, -0.2) is 0 Å². The van der Waals surface area contributed by atoms with Crippen LogP contribution in [0.3, 0.4) is 0 Å². The third-order valence-electron chi connectivity index (χ3n) is 4.47. The lowest BCUT2D eigenvalue weighted by Gasteiger charge is -2.23. The Bertz CT molecular complexity index is 466. The minimum atomic E-state index is 0.296. The molecule has 0 bridgehead atoms.